The molecule has 0 N–H and O–H groups in total. The van der Waals surface area contributed by atoms with Gasteiger partial charge in [-0.15, -0.1) is 0 Å². The van der Waals surface area contributed by atoms with E-state index in [1.807, 2.05) is 12.3 Å². The first-order chi connectivity index (χ1) is 5.24. The van der Waals surface area contributed by atoms with Crippen LogP contribution in [0.5, 0.6) is 0 Å². The highest BCUT2D eigenvalue weighted by molar-refractivity contribution is 5.59. The van der Waals surface area contributed by atoms with Crippen molar-refractivity contribution < 1.29 is 0 Å². The Bertz CT molecular complexity index is 263. The summed E-state index contributed by atoms with van der Waals surface area (Å²) >= 11 is 0. The van der Waals surface area contributed by atoms with Crippen LogP contribution in [0.1, 0.15) is 24.6 Å². The van der Waals surface area contributed by atoms with E-state index in [4.69, 9.17) is 0 Å². The molecule has 1 rings (SSSR count). The number of aryl methyl sites for hydroxylation is 1. The molecule has 58 valence electrons. The highest BCUT2D eigenvalue weighted by atomic mass is 14.7. The van der Waals surface area contributed by atoms with Crippen molar-refractivity contribution >= 4 is 5.57 Å². The number of allylic oxidation sites excluding steroid dienone is 1. The molecule has 0 aliphatic heterocycles. The van der Waals surface area contributed by atoms with Gasteiger partial charge in [0, 0.05) is 6.20 Å². The molecule has 0 aliphatic carbocycles. The summed E-state index contributed by atoms with van der Waals surface area (Å²) in [4.78, 5) is 4.21. The summed E-state index contributed by atoms with van der Waals surface area (Å²) in [5.41, 5.74) is 3.37. The van der Waals surface area contributed by atoms with Crippen LogP contribution in [0.3, 0.4) is 0 Å². The summed E-state index contributed by atoms with van der Waals surface area (Å²) in [5, 5.41) is 0. The van der Waals surface area contributed by atoms with E-state index < -0.39 is 0 Å². The van der Waals surface area contributed by atoms with Crippen LogP contribution in [0.4, 0.5) is 0 Å². The summed E-state index contributed by atoms with van der Waals surface area (Å²) in [6.45, 7) is 8.08. The Balaban J connectivity index is 2.96. The van der Waals surface area contributed by atoms with Crippen LogP contribution >= 0.6 is 0 Å². The fraction of sp³-hybridized carbons (Fsp3) is 0.300. The molecule has 0 amide bonds. The second-order valence-electron chi connectivity index (χ2n) is 2.68. The summed E-state index contributed by atoms with van der Waals surface area (Å²) < 4.78 is 0. The molecule has 0 aromatic carbocycles. The molecule has 1 nitrogen and oxygen atoms in total. The Morgan fingerprint density at radius 3 is 2.91 bits per heavy atom. The topological polar surface area (TPSA) is 12.9 Å². The van der Waals surface area contributed by atoms with E-state index in [9.17, 15) is 0 Å². The SMILES string of the molecule is C=C(CC)c1cc(C)ccn1. The van der Waals surface area contributed by atoms with Crippen molar-refractivity contribution in [2.24, 2.45) is 0 Å². The van der Waals surface area contributed by atoms with Gasteiger partial charge in [-0.05, 0) is 36.6 Å². The Kier molecular flexibility index (Phi) is 2.42. The normalized spacial score (nSPS) is 9.64. The molecule has 0 saturated heterocycles. The number of rotatable bonds is 2. The number of hydrogen-bond acceptors (Lipinski definition) is 1. The largest absolute Gasteiger partial charge is 0.257 e. The Morgan fingerprint density at radius 1 is 1.64 bits per heavy atom. The van der Waals surface area contributed by atoms with E-state index in [1.165, 1.54) is 5.56 Å². The second-order valence-corrected chi connectivity index (χ2v) is 2.68. The van der Waals surface area contributed by atoms with E-state index in [-0.39, 0.29) is 0 Å². The average molecular weight is 147 g/mol. The molecule has 0 aliphatic rings. The van der Waals surface area contributed by atoms with Crippen molar-refractivity contribution in [1.82, 2.24) is 4.98 Å². The van der Waals surface area contributed by atoms with E-state index in [2.05, 4.69) is 31.5 Å². The third-order valence-corrected chi connectivity index (χ3v) is 1.70. The molecule has 0 bridgehead atoms. The first kappa shape index (κ1) is 7.99. The zero-order valence-electron chi connectivity index (χ0n) is 7.09. The van der Waals surface area contributed by atoms with Crippen molar-refractivity contribution in [3.8, 4) is 0 Å². The van der Waals surface area contributed by atoms with Gasteiger partial charge in [0.2, 0.25) is 0 Å². The van der Waals surface area contributed by atoms with Crippen LogP contribution in [-0.2, 0) is 0 Å². The quantitative estimate of drug-likeness (QED) is 0.626. The average Bonchev–Trinajstić information content (AvgIpc) is 2.03. The number of aromatic nitrogens is 1. The van der Waals surface area contributed by atoms with Crippen molar-refractivity contribution in [3.63, 3.8) is 0 Å². The van der Waals surface area contributed by atoms with Gasteiger partial charge in [-0.3, -0.25) is 4.98 Å². The molecule has 0 radical (unpaired) electrons. The molecule has 1 aromatic heterocycles. The lowest BCUT2D eigenvalue weighted by Crippen LogP contribution is -1.86. The molecule has 0 fully saturated rings. The number of pyridine rings is 1. The molecule has 0 saturated carbocycles. The molecule has 0 unspecified atom stereocenters. The van der Waals surface area contributed by atoms with Crippen molar-refractivity contribution in [2.45, 2.75) is 20.3 Å². The first-order valence-corrected chi connectivity index (χ1v) is 3.85. The van der Waals surface area contributed by atoms with Gasteiger partial charge in [-0.1, -0.05) is 13.5 Å². The molecule has 1 heteroatoms. The van der Waals surface area contributed by atoms with Crippen molar-refractivity contribution in [1.29, 1.82) is 0 Å². The van der Waals surface area contributed by atoms with Gasteiger partial charge < -0.3 is 0 Å². The van der Waals surface area contributed by atoms with E-state index in [1.54, 1.807) is 0 Å². The minimum absolute atomic E-state index is 0.969. The van der Waals surface area contributed by atoms with Gasteiger partial charge in [0.15, 0.2) is 0 Å². The maximum absolute atomic E-state index is 4.21. The summed E-state index contributed by atoms with van der Waals surface area (Å²) in [7, 11) is 0. The molecule has 1 heterocycles. The lowest BCUT2D eigenvalue weighted by molar-refractivity contribution is 1.17. The molecule has 11 heavy (non-hydrogen) atoms. The van der Waals surface area contributed by atoms with Crippen LogP contribution in [-0.4, -0.2) is 4.98 Å². The zero-order chi connectivity index (χ0) is 8.27. The molecule has 0 atom stereocenters. The van der Waals surface area contributed by atoms with Gasteiger partial charge >= 0.3 is 0 Å². The predicted octanol–water partition coefficient (Wildman–Crippen LogP) is 2.81. The van der Waals surface area contributed by atoms with Gasteiger partial charge in [0.1, 0.15) is 0 Å². The van der Waals surface area contributed by atoms with Crippen LogP contribution in [0.25, 0.3) is 5.57 Å². The molecule has 0 spiro atoms. The van der Waals surface area contributed by atoms with Gasteiger partial charge in [0.05, 0.1) is 5.69 Å². The highest BCUT2D eigenvalue weighted by Crippen LogP contribution is 2.13. The van der Waals surface area contributed by atoms with Crippen LogP contribution in [0, 0.1) is 6.92 Å². The summed E-state index contributed by atoms with van der Waals surface area (Å²) in [6.07, 6.45) is 2.79. The van der Waals surface area contributed by atoms with Crippen LogP contribution in [0.2, 0.25) is 0 Å². The van der Waals surface area contributed by atoms with E-state index >= 15 is 0 Å². The first-order valence-electron chi connectivity index (χ1n) is 3.85. The van der Waals surface area contributed by atoms with Crippen molar-refractivity contribution in [2.75, 3.05) is 0 Å². The zero-order valence-corrected chi connectivity index (χ0v) is 7.09. The third kappa shape index (κ3) is 1.90. The minimum Gasteiger partial charge on any atom is -0.257 e. The summed E-state index contributed by atoms with van der Waals surface area (Å²) in [5.74, 6) is 0. The maximum atomic E-state index is 4.21. The fourth-order valence-corrected chi connectivity index (χ4v) is 0.911. The van der Waals surface area contributed by atoms with Crippen LogP contribution in [0.15, 0.2) is 24.9 Å². The van der Waals surface area contributed by atoms with Crippen molar-refractivity contribution in [3.05, 3.63) is 36.2 Å². The predicted molar refractivity (Wildman–Crippen MR) is 48.3 cm³/mol. The standard InChI is InChI=1S/C10H13N/c1-4-9(3)10-7-8(2)5-6-11-10/h5-7H,3-4H2,1-2H3. The lowest BCUT2D eigenvalue weighted by atomic mass is 10.1. The van der Waals surface area contributed by atoms with Crippen LogP contribution < -0.4 is 0 Å². The lowest BCUT2D eigenvalue weighted by Gasteiger charge is -2.01. The fourth-order valence-electron chi connectivity index (χ4n) is 0.911. The second kappa shape index (κ2) is 3.33. The maximum Gasteiger partial charge on any atom is 0.0658 e. The number of nitrogens with zero attached hydrogens (tertiary/aromatic N) is 1. The Labute approximate surface area is 67.8 Å². The smallest absolute Gasteiger partial charge is 0.0658 e. The highest BCUT2D eigenvalue weighted by Gasteiger charge is 1.96. The number of hydrogen-bond donors (Lipinski definition) is 0. The van der Waals surface area contributed by atoms with Gasteiger partial charge in [0.25, 0.3) is 0 Å². The molecule has 1 aromatic rings. The van der Waals surface area contributed by atoms with E-state index in [0.29, 0.717) is 0 Å². The Hall–Kier alpha value is -1.11. The third-order valence-electron chi connectivity index (χ3n) is 1.70. The molecular formula is C10H13N. The van der Waals surface area contributed by atoms with Gasteiger partial charge in [-0.25, -0.2) is 0 Å². The van der Waals surface area contributed by atoms with Gasteiger partial charge in [-0.2, -0.15) is 0 Å². The monoisotopic (exact) mass is 147 g/mol. The molecular weight excluding hydrogens is 134 g/mol. The Morgan fingerprint density at radius 2 is 2.36 bits per heavy atom. The minimum atomic E-state index is 0.969. The summed E-state index contributed by atoms with van der Waals surface area (Å²) in [6, 6.07) is 4.05. The van der Waals surface area contributed by atoms with E-state index in [0.717, 1.165) is 17.7 Å².